The molecule has 2 aromatic carbocycles. The van der Waals surface area contributed by atoms with E-state index in [1.165, 1.54) is 35.6 Å². The smallest absolute Gasteiger partial charge is 0.240 e. The maximum absolute atomic E-state index is 12.2. The molecular formula is C16H14N2O4S2. The Bertz CT molecular complexity index is 953. The molecule has 124 valence electrons. The van der Waals surface area contributed by atoms with Gasteiger partial charge in [-0.3, -0.25) is 0 Å². The maximum Gasteiger partial charge on any atom is 0.240 e. The molecule has 0 atom stereocenters. The van der Waals surface area contributed by atoms with Gasteiger partial charge in [-0.25, -0.2) is 18.1 Å². The van der Waals surface area contributed by atoms with Crippen molar-refractivity contribution in [3.8, 4) is 22.8 Å². The SMILES string of the molecule is O=S(=O)(NCc1nc(-c2ccc(O)c(O)c2)cs1)c1ccccc1. The summed E-state index contributed by atoms with van der Waals surface area (Å²) in [5.74, 6) is -0.434. The lowest BCUT2D eigenvalue weighted by atomic mass is 10.1. The van der Waals surface area contributed by atoms with Gasteiger partial charge in [-0.2, -0.15) is 0 Å². The number of nitrogens with zero attached hydrogens (tertiary/aromatic N) is 1. The number of phenolic OH excluding ortho intramolecular Hbond substituents is 2. The summed E-state index contributed by atoms with van der Waals surface area (Å²) >= 11 is 1.31. The van der Waals surface area contributed by atoms with Crippen molar-refractivity contribution in [2.75, 3.05) is 0 Å². The van der Waals surface area contributed by atoms with Crippen LogP contribution in [-0.4, -0.2) is 23.6 Å². The molecule has 1 heterocycles. The first kappa shape index (κ1) is 16.4. The first-order valence-corrected chi connectivity index (χ1v) is 9.33. The van der Waals surface area contributed by atoms with E-state index in [2.05, 4.69) is 9.71 Å². The van der Waals surface area contributed by atoms with Crippen LogP contribution in [0.3, 0.4) is 0 Å². The Balaban J connectivity index is 1.74. The van der Waals surface area contributed by atoms with Gasteiger partial charge in [0, 0.05) is 10.9 Å². The van der Waals surface area contributed by atoms with Gasteiger partial charge in [-0.1, -0.05) is 18.2 Å². The third kappa shape index (κ3) is 3.56. The largest absolute Gasteiger partial charge is 0.504 e. The normalized spacial score (nSPS) is 11.5. The number of aromatic hydroxyl groups is 2. The van der Waals surface area contributed by atoms with Crippen molar-refractivity contribution in [2.45, 2.75) is 11.4 Å². The Morgan fingerprint density at radius 3 is 2.50 bits per heavy atom. The number of benzene rings is 2. The van der Waals surface area contributed by atoms with Crippen LogP contribution in [0.25, 0.3) is 11.3 Å². The lowest BCUT2D eigenvalue weighted by Crippen LogP contribution is -2.23. The fraction of sp³-hybridized carbons (Fsp3) is 0.0625. The van der Waals surface area contributed by atoms with E-state index in [1.54, 1.807) is 29.6 Å². The molecule has 3 rings (SSSR count). The van der Waals surface area contributed by atoms with Gasteiger partial charge in [0.1, 0.15) is 5.01 Å². The van der Waals surface area contributed by atoms with E-state index >= 15 is 0 Å². The number of hydrogen-bond acceptors (Lipinski definition) is 6. The van der Waals surface area contributed by atoms with Gasteiger partial charge in [0.15, 0.2) is 11.5 Å². The summed E-state index contributed by atoms with van der Waals surface area (Å²) in [6, 6.07) is 12.5. The van der Waals surface area contributed by atoms with E-state index < -0.39 is 10.0 Å². The standard InChI is InChI=1S/C16H14N2O4S2/c19-14-7-6-11(8-15(14)20)13-10-23-16(18-13)9-17-24(21,22)12-4-2-1-3-5-12/h1-8,10,17,19-20H,9H2. The zero-order valence-corrected chi connectivity index (χ0v) is 14.0. The average Bonchev–Trinajstić information content (AvgIpc) is 3.05. The second kappa shape index (κ2) is 6.60. The van der Waals surface area contributed by atoms with E-state index in [-0.39, 0.29) is 22.9 Å². The van der Waals surface area contributed by atoms with Crippen LogP contribution in [0, 0.1) is 0 Å². The topological polar surface area (TPSA) is 99.5 Å². The third-order valence-corrected chi connectivity index (χ3v) is 5.56. The monoisotopic (exact) mass is 362 g/mol. The highest BCUT2D eigenvalue weighted by Gasteiger charge is 2.14. The second-order valence-electron chi connectivity index (χ2n) is 4.97. The van der Waals surface area contributed by atoms with Gasteiger partial charge in [-0.15, -0.1) is 11.3 Å². The molecule has 1 aromatic heterocycles. The summed E-state index contributed by atoms with van der Waals surface area (Å²) in [4.78, 5) is 4.55. The molecule has 0 amide bonds. The minimum atomic E-state index is -3.58. The van der Waals surface area contributed by atoms with Crippen LogP contribution in [-0.2, 0) is 16.6 Å². The Morgan fingerprint density at radius 1 is 1.04 bits per heavy atom. The molecule has 0 aliphatic carbocycles. The zero-order valence-electron chi connectivity index (χ0n) is 12.4. The third-order valence-electron chi connectivity index (χ3n) is 3.29. The molecule has 24 heavy (non-hydrogen) atoms. The number of sulfonamides is 1. The number of hydrogen-bond donors (Lipinski definition) is 3. The number of rotatable bonds is 5. The molecule has 0 radical (unpaired) electrons. The van der Waals surface area contributed by atoms with Gasteiger partial charge in [0.2, 0.25) is 10.0 Å². The molecule has 8 heteroatoms. The van der Waals surface area contributed by atoms with Crippen LogP contribution in [0.15, 0.2) is 58.8 Å². The molecule has 0 fully saturated rings. The highest BCUT2D eigenvalue weighted by atomic mass is 32.2. The lowest BCUT2D eigenvalue weighted by Gasteiger charge is -2.04. The van der Waals surface area contributed by atoms with Gasteiger partial charge in [0.25, 0.3) is 0 Å². The van der Waals surface area contributed by atoms with Crippen molar-refractivity contribution < 1.29 is 18.6 Å². The van der Waals surface area contributed by atoms with E-state index in [1.807, 2.05) is 0 Å². The van der Waals surface area contributed by atoms with E-state index in [0.717, 1.165) is 0 Å². The van der Waals surface area contributed by atoms with E-state index in [9.17, 15) is 18.6 Å². The summed E-state index contributed by atoms with van der Waals surface area (Å²) in [5.41, 5.74) is 1.24. The van der Waals surface area contributed by atoms with Crippen molar-refractivity contribution in [3.63, 3.8) is 0 Å². The summed E-state index contributed by atoms with van der Waals surface area (Å²) in [7, 11) is -3.58. The zero-order chi connectivity index (χ0) is 17.2. The highest BCUT2D eigenvalue weighted by Crippen LogP contribution is 2.31. The van der Waals surface area contributed by atoms with Crippen molar-refractivity contribution in [1.29, 1.82) is 0 Å². The summed E-state index contributed by atoms with van der Waals surface area (Å²) < 4.78 is 26.8. The van der Waals surface area contributed by atoms with Gasteiger partial charge in [-0.05, 0) is 30.3 Å². The van der Waals surface area contributed by atoms with Gasteiger partial charge < -0.3 is 10.2 Å². The molecule has 0 spiro atoms. The molecule has 0 aliphatic heterocycles. The molecule has 0 saturated carbocycles. The minimum absolute atomic E-state index is 0.0754. The Kier molecular flexibility index (Phi) is 4.52. The molecule has 0 bridgehead atoms. The first-order valence-electron chi connectivity index (χ1n) is 6.97. The van der Waals surface area contributed by atoms with Crippen molar-refractivity contribution in [1.82, 2.24) is 9.71 Å². The van der Waals surface area contributed by atoms with Crippen LogP contribution in [0.1, 0.15) is 5.01 Å². The Morgan fingerprint density at radius 2 is 1.79 bits per heavy atom. The van der Waals surface area contributed by atoms with Crippen LogP contribution >= 0.6 is 11.3 Å². The van der Waals surface area contributed by atoms with Crippen molar-refractivity contribution in [2.24, 2.45) is 0 Å². The summed E-state index contributed by atoms with van der Waals surface area (Å²) in [6.45, 7) is 0.0754. The number of phenols is 2. The van der Waals surface area contributed by atoms with Crippen molar-refractivity contribution in [3.05, 3.63) is 58.9 Å². The number of aromatic nitrogens is 1. The molecule has 0 unspecified atom stereocenters. The number of thiazole rings is 1. The average molecular weight is 362 g/mol. The molecule has 3 N–H and O–H groups in total. The van der Waals surface area contributed by atoms with Crippen LogP contribution < -0.4 is 4.72 Å². The van der Waals surface area contributed by atoms with Crippen LogP contribution in [0.4, 0.5) is 0 Å². The fourth-order valence-corrected chi connectivity index (χ4v) is 3.89. The lowest BCUT2D eigenvalue weighted by molar-refractivity contribution is 0.404. The molecule has 0 saturated heterocycles. The Hall–Kier alpha value is -2.42. The molecule has 6 nitrogen and oxygen atoms in total. The van der Waals surface area contributed by atoms with Crippen LogP contribution in [0.5, 0.6) is 11.5 Å². The quantitative estimate of drug-likeness (QED) is 0.606. The van der Waals surface area contributed by atoms with E-state index in [0.29, 0.717) is 16.3 Å². The van der Waals surface area contributed by atoms with Gasteiger partial charge in [0.05, 0.1) is 17.1 Å². The molecule has 0 aliphatic rings. The second-order valence-corrected chi connectivity index (χ2v) is 7.68. The predicted molar refractivity (Wildman–Crippen MR) is 91.3 cm³/mol. The molecule has 3 aromatic rings. The summed E-state index contributed by atoms with van der Waals surface area (Å²) in [6.07, 6.45) is 0. The van der Waals surface area contributed by atoms with Gasteiger partial charge >= 0.3 is 0 Å². The number of nitrogens with one attached hydrogen (secondary N) is 1. The molecular weight excluding hydrogens is 348 g/mol. The minimum Gasteiger partial charge on any atom is -0.504 e. The fourth-order valence-electron chi connectivity index (χ4n) is 2.05. The van der Waals surface area contributed by atoms with E-state index in [4.69, 9.17) is 0 Å². The predicted octanol–water partition coefficient (Wildman–Crippen LogP) is 2.70. The maximum atomic E-state index is 12.2. The Labute approximate surface area is 143 Å². The van der Waals surface area contributed by atoms with Crippen LogP contribution in [0.2, 0.25) is 0 Å². The summed E-state index contributed by atoms with van der Waals surface area (Å²) in [5, 5.41) is 21.2. The first-order chi connectivity index (χ1) is 11.5. The highest BCUT2D eigenvalue weighted by molar-refractivity contribution is 7.89. The van der Waals surface area contributed by atoms with Crippen molar-refractivity contribution >= 4 is 21.4 Å².